The molecule has 4 rings (SSSR count). The lowest BCUT2D eigenvalue weighted by Gasteiger charge is -2.29. The van der Waals surface area contributed by atoms with E-state index >= 15 is 0 Å². The molecule has 0 aliphatic carbocycles. The van der Waals surface area contributed by atoms with Crippen LogP contribution in [0.2, 0.25) is 0 Å². The van der Waals surface area contributed by atoms with Crippen molar-refractivity contribution in [1.29, 1.82) is 0 Å². The van der Waals surface area contributed by atoms with Gasteiger partial charge in [0.25, 0.3) is 0 Å². The normalized spacial score (nSPS) is 15.2. The summed E-state index contributed by atoms with van der Waals surface area (Å²) in [6.07, 6.45) is 0.502. The Bertz CT molecular complexity index is 1120. The molecule has 1 aliphatic heterocycles. The summed E-state index contributed by atoms with van der Waals surface area (Å²) in [5.74, 6) is -1.20. The van der Waals surface area contributed by atoms with Crippen molar-refractivity contribution in [2.45, 2.75) is 38.8 Å². The predicted molar refractivity (Wildman–Crippen MR) is 109 cm³/mol. The maximum atomic E-state index is 12.6. The molecule has 2 N–H and O–H groups in total. The van der Waals surface area contributed by atoms with Crippen molar-refractivity contribution in [2.75, 3.05) is 6.54 Å². The van der Waals surface area contributed by atoms with Crippen LogP contribution < -0.4 is 5.63 Å². The van der Waals surface area contributed by atoms with E-state index in [1.807, 2.05) is 18.2 Å². The summed E-state index contributed by atoms with van der Waals surface area (Å²) in [6.45, 7) is 3.82. The molecule has 2 heterocycles. The SMILES string of the molecule is CC(CC(=O)O)c1cc(O)c2c3c(c(=O)oc2c1)CCN(Cc1ccccc1)C3. The van der Waals surface area contributed by atoms with E-state index < -0.39 is 5.97 Å². The number of rotatable bonds is 5. The number of carbonyl (C=O) groups is 1. The van der Waals surface area contributed by atoms with Gasteiger partial charge >= 0.3 is 11.6 Å². The lowest BCUT2D eigenvalue weighted by molar-refractivity contribution is -0.137. The van der Waals surface area contributed by atoms with Crippen LogP contribution in [0.25, 0.3) is 11.0 Å². The van der Waals surface area contributed by atoms with Crippen LogP contribution in [-0.2, 0) is 24.3 Å². The fourth-order valence-corrected chi connectivity index (χ4v) is 4.08. The molecule has 1 aliphatic rings. The van der Waals surface area contributed by atoms with Gasteiger partial charge in [-0.3, -0.25) is 9.69 Å². The summed E-state index contributed by atoms with van der Waals surface area (Å²) in [5, 5.41) is 20.3. The smallest absolute Gasteiger partial charge is 0.339 e. The Morgan fingerprint density at radius 2 is 1.97 bits per heavy atom. The molecule has 2 aromatic carbocycles. The molecule has 1 unspecified atom stereocenters. The van der Waals surface area contributed by atoms with E-state index in [9.17, 15) is 14.7 Å². The van der Waals surface area contributed by atoms with Gasteiger partial charge in [-0.1, -0.05) is 37.3 Å². The van der Waals surface area contributed by atoms with Gasteiger partial charge in [0.1, 0.15) is 11.3 Å². The second-order valence-corrected chi connectivity index (χ2v) is 7.70. The van der Waals surface area contributed by atoms with Crippen molar-refractivity contribution in [2.24, 2.45) is 0 Å². The van der Waals surface area contributed by atoms with Crippen LogP contribution in [0.5, 0.6) is 5.75 Å². The predicted octanol–water partition coefficient (Wildman–Crippen LogP) is 3.64. The first-order valence-electron chi connectivity index (χ1n) is 9.72. The fourth-order valence-electron chi connectivity index (χ4n) is 4.08. The van der Waals surface area contributed by atoms with Gasteiger partial charge in [0.2, 0.25) is 0 Å². The van der Waals surface area contributed by atoms with E-state index in [4.69, 9.17) is 9.52 Å². The Balaban J connectivity index is 1.73. The van der Waals surface area contributed by atoms with Gasteiger partial charge in [0.15, 0.2) is 0 Å². The monoisotopic (exact) mass is 393 g/mol. The molecular formula is C23H23NO5. The van der Waals surface area contributed by atoms with Gasteiger partial charge in [0.05, 0.1) is 11.8 Å². The highest BCUT2D eigenvalue weighted by Gasteiger charge is 2.25. The average Bonchev–Trinajstić information content (AvgIpc) is 2.67. The molecular weight excluding hydrogens is 370 g/mol. The third kappa shape index (κ3) is 3.89. The highest BCUT2D eigenvalue weighted by atomic mass is 16.4. The van der Waals surface area contributed by atoms with E-state index in [1.165, 1.54) is 5.56 Å². The molecule has 0 bridgehead atoms. The minimum atomic E-state index is -0.916. The molecule has 0 fully saturated rings. The maximum Gasteiger partial charge on any atom is 0.339 e. The molecule has 3 aromatic rings. The number of hydrogen-bond acceptors (Lipinski definition) is 5. The Morgan fingerprint density at radius 3 is 2.69 bits per heavy atom. The van der Waals surface area contributed by atoms with Crippen molar-refractivity contribution in [3.05, 3.63) is 75.1 Å². The number of phenolic OH excluding ortho intramolecular Hbond substituents is 1. The van der Waals surface area contributed by atoms with Gasteiger partial charge in [-0.15, -0.1) is 0 Å². The van der Waals surface area contributed by atoms with Crippen LogP contribution in [0, 0.1) is 0 Å². The highest BCUT2D eigenvalue weighted by molar-refractivity contribution is 5.88. The quantitative estimate of drug-likeness (QED) is 0.643. The van der Waals surface area contributed by atoms with Crippen LogP contribution in [0.4, 0.5) is 0 Å². The number of fused-ring (bicyclic) bond motifs is 3. The molecule has 6 nitrogen and oxygen atoms in total. The molecule has 0 saturated carbocycles. The minimum Gasteiger partial charge on any atom is -0.507 e. The number of carboxylic acids is 1. The lowest BCUT2D eigenvalue weighted by Crippen LogP contribution is -2.33. The Morgan fingerprint density at radius 1 is 1.21 bits per heavy atom. The number of aromatic hydroxyl groups is 1. The van der Waals surface area contributed by atoms with Crippen LogP contribution in [0.15, 0.2) is 51.7 Å². The van der Waals surface area contributed by atoms with E-state index in [2.05, 4.69) is 17.0 Å². The van der Waals surface area contributed by atoms with Gasteiger partial charge < -0.3 is 14.6 Å². The number of aliphatic carboxylic acids is 1. The molecule has 0 amide bonds. The molecule has 0 spiro atoms. The maximum absolute atomic E-state index is 12.6. The van der Waals surface area contributed by atoms with Gasteiger partial charge in [-0.25, -0.2) is 4.79 Å². The molecule has 29 heavy (non-hydrogen) atoms. The summed E-state index contributed by atoms with van der Waals surface area (Å²) in [7, 11) is 0. The van der Waals surface area contributed by atoms with Gasteiger partial charge in [-0.05, 0) is 41.2 Å². The third-order valence-electron chi connectivity index (χ3n) is 5.58. The summed E-state index contributed by atoms with van der Waals surface area (Å²) in [6, 6.07) is 13.4. The zero-order chi connectivity index (χ0) is 20.5. The number of carboxylic acid groups (broad SMARTS) is 1. The van der Waals surface area contributed by atoms with Crippen molar-refractivity contribution in [3.63, 3.8) is 0 Å². The summed E-state index contributed by atoms with van der Waals surface area (Å²) >= 11 is 0. The zero-order valence-electron chi connectivity index (χ0n) is 16.2. The second kappa shape index (κ2) is 7.72. The van der Waals surface area contributed by atoms with Crippen molar-refractivity contribution < 1.29 is 19.4 Å². The number of hydrogen-bond donors (Lipinski definition) is 2. The first-order chi connectivity index (χ1) is 13.9. The van der Waals surface area contributed by atoms with E-state index in [0.29, 0.717) is 35.1 Å². The Labute approximate surface area is 168 Å². The molecule has 6 heteroatoms. The summed E-state index contributed by atoms with van der Waals surface area (Å²) in [4.78, 5) is 25.8. The van der Waals surface area contributed by atoms with Crippen LogP contribution >= 0.6 is 0 Å². The molecule has 0 radical (unpaired) electrons. The standard InChI is InChI=1S/C23H23NO5/c1-14(9-21(26)27)16-10-19(25)22-18-13-24(12-15-5-3-2-4-6-15)8-7-17(18)23(28)29-20(22)11-16/h2-6,10-11,14,25H,7-9,12-13H2,1H3,(H,26,27). The van der Waals surface area contributed by atoms with Crippen LogP contribution in [0.3, 0.4) is 0 Å². The molecule has 150 valence electrons. The lowest BCUT2D eigenvalue weighted by atomic mass is 9.92. The second-order valence-electron chi connectivity index (χ2n) is 7.70. The topological polar surface area (TPSA) is 91.0 Å². The summed E-state index contributed by atoms with van der Waals surface area (Å²) in [5.41, 5.74) is 3.17. The molecule has 1 aromatic heterocycles. The van der Waals surface area contributed by atoms with Crippen molar-refractivity contribution in [3.8, 4) is 5.75 Å². The zero-order valence-corrected chi connectivity index (χ0v) is 16.2. The number of nitrogens with zero attached hydrogens (tertiary/aromatic N) is 1. The first-order valence-corrected chi connectivity index (χ1v) is 9.72. The number of phenols is 1. The van der Waals surface area contributed by atoms with E-state index in [0.717, 1.165) is 18.7 Å². The Hall–Kier alpha value is -3.12. The van der Waals surface area contributed by atoms with Crippen molar-refractivity contribution in [1.82, 2.24) is 4.90 Å². The van der Waals surface area contributed by atoms with Crippen LogP contribution in [0.1, 0.15) is 41.5 Å². The third-order valence-corrected chi connectivity index (χ3v) is 5.58. The molecule has 0 saturated heterocycles. The van der Waals surface area contributed by atoms with Crippen LogP contribution in [-0.4, -0.2) is 27.6 Å². The largest absolute Gasteiger partial charge is 0.507 e. The molecule has 1 atom stereocenters. The fraction of sp³-hybridized carbons (Fsp3) is 0.304. The summed E-state index contributed by atoms with van der Waals surface area (Å²) < 4.78 is 5.51. The van der Waals surface area contributed by atoms with E-state index in [-0.39, 0.29) is 23.7 Å². The average molecular weight is 393 g/mol. The van der Waals surface area contributed by atoms with E-state index in [1.54, 1.807) is 19.1 Å². The van der Waals surface area contributed by atoms with Crippen molar-refractivity contribution >= 4 is 16.9 Å². The number of benzene rings is 2. The highest BCUT2D eigenvalue weighted by Crippen LogP contribution is 2.35. The Kier molecular flexibility index (Phi) is 5.11. The van der Waals surface area contributed by atoms with Gasteiger partial charge in [0, 0.05) is 25.2 Å². The first kappa shape index (κ1) is 19.2. The van der Waals surface area contributed by atoms with Gasteiger partial charge in [-0.2, -0.15) is 0 Å². The minimum absolute atomic E-state index is 0.0244.